The minimum atomic E-state index is -0.0316. The molecule has 3 heteroatoms. The molecule has 74 valence electrons. The number of hydrogen-bond donors (Lipinski definition) is 0. The van der Waals surface area contributed by atoms with Crippen LogP contribution in [0.2, 0.25) is 0 Å². The van der Waals surface area contributed by atoms with Gasteiger partial charge in [0.2, 0.25) is 5.91 Å². The molecule has 2 rings (SSSR count). The minimum absolute atomic E-state index is 0.0316. The number of carbonyl (C=O) groups excluding carboxylic acids is 1. The Hall–Kier alpha value is -0.570. The molecule has 0 N–H and O–H groups in total. The summed E-state index contributed by atoms with van der Waals surface area (Å²) in [7, 11) is 0. The molecule has 0 aliphatic carbocycles. The first-order valence-corrected chi connectivity index (χ1v) is 4.81. The summed E-state index contributed by atoms with van der Waals surface area (Å²) in [5.74, 6) is 0.288. The van der Waals surface area contributed by atoms with E-state index >= 15 is 0 Å². The Morgan fingerprint density at radius 3 is 2.23 bits per heavy atom. The van der Waals surface area contributed by atoms with Crippen LogP contribution in [0.25, 0.3) is 0 Å². The van der Waals surface area contributed by atoms with Crippen LogP contribution >= 0.6 is 0 Å². The van der Waals surface area contributed by atoms with Crippen molar-refractivity contribution in [2.24, 2.45) is 5.41 Å². The predicted molar refractivity (Wildman–Crippen MR) is 49.3 cm³/mol. The summed E-state index contributed by atoms with van der Waals surface area (Å²) >= 11 is 0. The zero-order chi connectivity index (χ0) is 9.69. The fourth-order valence-electron chi connectivity index (χ4n) is 2.09. The molecule has 2 saturated heterocycles. The molecule has 0 saturated carbocycles. The third-order valence-corrected chi connectivity index (χ3v) is 2.95. The Labute approximate surface area is 79.0 Å². The van der Waals surface area contributed by atoms with E-state index in [0.29, 0.717) is 6.42 Å². The van der Waals surface area contributed by atoms with E-state index in [4.69, 9.17) is 4.74 Å². The lowest BCUT2D eigenvalue weighted by Gasteiger charge is -2.39. The highest BCUT2D eigenvalue weighted by molar-refractivity contribution is 5.80. The second-order valence-electron chi connectivity index (χ2n) is 5.32. The van der Waals surface area contributed by atoms with Crippen LogP contribution in [-0.4, -0.2) is 36.1 Å². The first-order chi connectivity index (χ1) is 5.93. The van der Waals surface area contributed by atoms with Gasteiger partial charge >= 0.3 is 0 Å². The Kier molecular flexibility index (Phi) is 1.71. The van der Waals surface area contributed by atoms with E-state index < -0.39 is 0 Å². The smallest absolute Gasteiger partial charge is 0.223 e. The summed E-state index contributed by atoms with van der Waals surface area (Å²) in [6.45, 7) is 8.68. The van der Waals surface area contributed by atoms with Crippen molar-refractivity contribution < 1.29 is 9.53 Å². The van der Waals surface area contributed by atoms with Gasteiger partial charge in [-0.2, -0.15) is 0 Å². The van der Waals surface area contributed by atoms with Crippen molar-refractivity contribution in [3.63, 3.8) is 0 Å². The largest absolute Gasteiger partial charge is 0.380 e. The van der Waals surface area contributed by atoms with Crippen molar-refractivity contribution >= 4 is 5.91 Å². The molecule has 0 radical (unpaired) electrons. The van der Waals surface area contributed by atoms with Crippen LogP contribution in [0.1, 0.15) is 27.2 Å². The fraction of sp³-hybridized carbons (Fsp3) is 0.900. The van der Waals surface area contributed by atoms with E-state index in [1.54, 1.807) is 0 Å². The Balaban J connectivity index is 2.12. The standard InChI is InChI=1S/C10H17NO2/c1-9(2,3)11-5-10(4-8(11)12)6-13-7-10/h4-7H2,1-3H3. The molecule has 2 fully saturated rings. The normalized spacial score (nSPS) is 26.7. The van der Waals surface area contributed by atoms with Crippen molar-refractivity contribution in [1.29, 1.82) is 0 Å². The maximum absolute atomic E-state index is 11.7. The zero-order valence-electron chi connectivity index (χ0n) is 8.59. The average molecular weight is 183 g/mol. The third kappa shape index (κ3) is 1.35. The van der Waals surface area contributed by atoms with E-state index in [-0.39, 0.29) is 16.9 Å². The maximum atomic E-state index is 11.7. The van der Waals surface area contributed by atoms with Crippen molar-refractivity contribution in [2.45, 2.75) is 32.7 Å². The monoisotopic (exact) mass is 183 g/mol. The molecule has 0 aromatic heterocycles. The van der Waals surface area contributed by atoms with Gasteiger partial charge in [0.1, 0.15) is 0 Å². The fourth-order valence-corrected chi connectivity index (χ4v) is 2.09. The van der Waals surface area contributed by atoms with Gasteiger partial charge in [-0.3, -0.25) is 4.79 Å². The molecule has 13 heavy (non-hydrogen) atoms. The topological polar surface area (TPSA) is 29.5 Å². The molecule has 0 bridgehead atoms. The average Bonchev–Trinajstić information content (AvgIpc) is 2.24. The van der Waals surface area contributed by atoms with Crippen LogP contribution in [-0.2, 0) is 9.53 Å². The molecule has 0 unspecified atom stereocenters. The van der Waals surface area contributed by atoms with Crippen molar-refractivity contribution in [3.8, 4) is 0 Å². The number of rotatable bonds is 0. The Morgan fingerprint density at radius 1 is 1.38 bits per heavy atom. The molecule has 0 aromatic carbocycles. The van der Waals surface area contributed by atoms with Gasteiger partial charge in [0.25, 0.3) is 0 Å². The zero-order valence-corrected chi connectivity index (χ0v) is 8.59. The number of hydrogen-bond acceptors (Lipinski definition) is 2. The summed E-state index contributed by atoms with van der Waals surface area (Å²) in [4.78, 5) is 13.7. The number of nitrogens with zero attached hydrogens (tertiary/aromatic N) is 1. The first-order valence-electron chi connectivity index (χ1n) is 4.81. The van der Waals surface area contributed by atoms with Crippen LogP contribution < -0.4 is 0 Å². The highest BCUT2D eigenvalue weighted by atomic mass is 16.5. The van der Waals surface area contributed by atoms with Crippen molar-refractivity contribution in [3.05, 3.63) is 0 Å². The van der Waals surface area contributed by atoms with Crippen LogP contribution in [0.5, 0.6) is 0 Å². The minimum Gasteiger partial charge on any atom is -0.380 e. The summed E-state index contributed by atoms with van der Waals surface area (Å²) in [5.41, 5.74) is 0.139. The summed E-state index contributed by atoms with van der Waals surface area (Å²) < 4.78 is 5.19. The highest BCUT2D eigenvalue weighted by Gasteiger charge is 2.50. The Morgan fingerprint density at radius 2 is 2.00 bits per heavy atom. The molecule has 2 aliphatic heterocycles. The number of likely N-dealkylation sites (tertiary alicyclic amines) is 1. The molecule has 2 aliphatic rings. The second kappa shape index (κ2) is 2.47. The van der Waals surface area contributed by atoms with Gasteiger partial charge in [0.05, 0.1) is 13.2 Å². The third-order valence-electron chi connectivity index (χ3n) is 2.95. The lowest BCUT2D eigenvalue weighted by Crippen LogP contribution is -2.48. The maximum Gasteiger partial charge on any atom is 0.223 e. The van der Waals surface area contributed by atoms with Gasteiger partial charge in [0, 0.05) is 23.9 Å². The first kappa shape index (κ1) is 9.00. The highest BCUT2D eigenvalue weighted by Crippen LogP contribution is 2.40. The van der Waals surface area contributed by atoms with Gasteiger partial charge in [-0.25, -0.2) is 0 Å². The predicted octanol–water partition coefficient (Wildman–Crippen LogP) is 1.03. The molecule has 0 aromatic rings. The van der Waals surface area contributed by atoms with Gasteiger partial charge in [-0.1, -0.05) is 0 Å². The summed E-state index contributed by atoms with van der Waals surface area (Å²) in [6.07, 6.45) is 0.685. The van der Waals surface area contributed by atoms with Gasteiger partial charge in [-0.05, 0) is 20.8 Å². The van der Waals surface area contributed by atoms with E-state index in [1.165, 1.54) is 0 Å². The molecular formula is C10H17NO2. The molecule has 1 spiro atoms. The van der Waals surface area contributed by atoms with Gasteiger partial charge in [-0.15, -0.1) is 0 Å². The molecule has 3 nitrogen and oxygen atoms in total. The lowest BCUT2D eigenvalue weighted by molar-refractivity contribution is -0.132. The van der Waals surface area contributed by atoms with E-state index in [9.17, 15) is 4.79 Å². The van der Waals surface area contributed by atoms with Gasteiger partial charge < -0.3 is 9.64 Å². The second-order valence-corrected chi connectivity index (χ2v) is 5.32. The van der Waals surface area contributed by atoms with Crippen molar-refractivity contribution in [2.75, 3.05) is 19.8 Å². The molecular weight excluding hydrogens is 166 g/mol. The van der Waals surface area contributed by atoms with Crippen molar-refractivity contribution in [1.82, 2.24) is 4.90 Å². The van der Waals surface area contributed by atoms with Gasteiger partial charge in [0.15, 0.2) is 0 Å². The van der Waals surface area contributed by atoms with Crippen LogP contribution in [0.4, 0.5) is 0 Å². The SMILES string of the molecule is CC(C)(C)N1CC2(COC2)CC1=O. The molecule has 0 atom stereocenters. The summed E-state index contributed by atoms with van der Waals surface area (Å²) in [6, 6.07) is 0. The quantitative estimate of drug-likeness (QED) is 0.561. The summed E-state index contributed by atoms with van der Waals surface area (Å²) in [5, 5.41) is 0. The number of carbonyl (C=O) groups is 1. The van der Waals surface area contributed by atoms with Crippen LogP contribution in [0.15, 0.2) is 0 Å². The molecule has 1 amide bonds. The molecule has 2 heterocycles. The van der Waals surface area contributed by atoms with Crippen LogP contribution in [0.3, 0.4) is 0 Å². The number of amides is 1. The Bertz CT molecular complexity index is 238. The van der Waals surface area contributed by atoms with Crippen LogP contribution in [0, 0.1) is 5.41 Å². The van der Waals surface area contributed by atoms with E-state index in [2.05, 4.69) is 20.8 Å². The van der Waals surface area contributed by atoms with E-state index in [1.807, 2.05) is 4.90 Å². The lowest BCUT2D eigenvalue weighted by atomic mass is 9.85. The van der Waals surface area contributed by atoms with E-state index in [0.717, 1.165) is 19.8 Å². The number of ether oxygens (including phenoxy) is 1.